The standard InChI is InChI=1S/C15H17NO5S/c17-13(10-4-2-1-3-5-10)21-11-6-7-20-15(19,8-11)12-9-22-14(18)16-12/h1-5,11-12,19H,6-9H2,(H,16,18)/t11?,12?,15-/m1/s1. The smallest absolute Gasteiger partial charge is 0.338 e. The second-order valence-corrected chi connectivity index (χ2v) is 6.37. The predicted octanol–water partition coefficient (Wildman–Crippen LogP) is 1.54. The Hall–Kier alpha value is -1.57. The van der Waals surface area contributed by atoms with Gasteiger partial charge in [0.2, 0.25) is 0 Å². The number of carbonyl (C=O) groups excluding carboxylic acids is 2. The zero-order chi connectivity index (χ0) is 15.6. The van der Waals surface area contributed by atoms with Crippen LogP contribution in [0, 0.1) is 0 Å². The molecule has 1 aromatic rings. The number of esters is 1. The number of rotatable bonds is 3. The number of hydrogen-bond acceptors (Lipinski definition) is 6. The molecule has 3 rings (SSSR count). The van der Waals surface area contributed by atoms with Gasteiger partial charge < -0.3 is 19.9 Å². The minimum atomic E-state index is -1.49. The topological polar surface area (TPSA) is 84.9 Å². The van der Waals surface area contributed by atoms with Gasteiger partial charge in [-0.05, 0) is 12.1 Å². The van der Waals surface area contributed by atoms with E-state index in [0.29, 0.717) is 17.7 Å². The summed E-state index contributed by atoms with van der Waals surface area (Å²) in [7, 11) is 0. The van der Waals surface area contributed by atoms with Gasteiger partial charge in [-0.25, -0.2) is 4.79 Å². The molecule has 2 aliphatic rings. The van der Waals surface area contributed by atoms with E-state index in [0.717, 1.165) is 11.8 Å². The SMILES string of the molecule is O=C1NC([C@@]2(O)CC(OC(=O)c3ccccc3)CCO2)CS1. The summed E-state index contributed by atoms with van der Waals surface area (Å²) >= 11 is 1.11. The summed E-state index contributed by atoms with van der Waals surface area (Å²) in [6.45, 7) is 0.278. The molecule has 22 heavy (non-hydrogen) atoms. The molecule has 7 heteroatoms. The first-order chi connectivity index (χ1) is 10.6. The van der Waals surface area contributed by atoms with Crippen LogP contribution >= 0.6 is 11.8 Å². The normalized spacial score (nSPS) is 31.6. The first kappa shape index (κ1) is 15.3. The summed E-state index contributed by atoms with van der Waals surface area (Å²) in [6.07, 6.45) is 0.236. The average Bonchev–Trinajstić information content (AvgIpc) is 2.96. The van der Waals surface area contributed by atoms with Crippen LogP contribution in [-0.2, 0) is 9.47 Å². The van der Waals surface area contributed by atoms with Crippen LogP contribution in [-0.4, -0.2) is 46.6 Å². The van der Waals surface area contributed by atoms with Gasteiger partial charge in [0, 0.05) is 18.6 Å². The van der Waals surface area contributed by atoms with Crippen LogP contribution in [0.3, 0.4) is 0 Å². The third-order valence-corrected chi connectivity index (χ3v) is 4.69. The van der Waals surface area contributed by atoms with Gasteiger partial charge in [0.25, 0.3) is 5.24 Å². The third kappa shape index (κ3) is 3.26. The Morgan fingerprint density at radius 2 is 2.18 bits per heavy atom. The Morgan fingerprint density at radius 1 is 1.41 bits per heavy atom. The first-order valence-electron chi connectivity index (χ1n) is 7.12. The van der Waals surface area contributed by atoms with Gasteiger partial charge in [-0.1, -0.05) is 30.0 Å². The van der Waals surface area contributed by atoms with Gasteiger partial charge in [0.15, 0.2) is 5.79 Å². The maximum absolute atomic E-state index is 12.1. The third-order valence-electron chi connectivity index (χ3n) is 3.81. The lowest BCUT2D eigenvalue weighted by Crippen LogP contribution is -2.56. The minimum Gasteiger partial charge on any atom is -0.458 e. The molecule has 2 aliphatic heterocycles. The van der Waals surface area contributed by atoms with Crippen LogP contribution in [0.1, 0.15) is 23.2 Å². The number of hydrogen-bond donors (Lipinski definition) is 2. The summed E-state index contributed by atoms with van der Waals surface area (Å²) < 4.78 is 10.9. The summed E-state index contributed by atoms with van der Waals surface area (Å²) in [6, 6.07) is 8.24. The maximum atomic E-state index is 12.1. The first-order valence-corrected chi connectivity index (χ1v) is 8.11. The van der Waals surface area contributed by atoms with E-state index in [2.05, 4.69) is 5.32 Å². The molecule has 6 nitrogen and oxygen atoms in total. The second-order valence-electron chi connectivity index (χ2n) is 5.37. The molecule has 0 bridgehead atoms. The van der Waals surface area contributed by atoms with Crippen molar-refractivity contribution in [2.24, 2.45) is 0 Å². The molecule has 3 atom stereocenters. The van der Waals surface area contributed by atoms with E-state index >= 15 is 0 Å². The highest BCUT2D eigenvalue weighted by Crippen LogP contribution is 2.32. The highest BCUT2D eigenvalue weighted by Gasteiger charge is 2.47. The molecule has 0 radical (unpaired) electrons. The van der Waals surface area contributed by atoms with Crippen molar-refractivity contribution in [3.8, 4) is 0 Å². The van der Waals surface area contributed by atoms with Crippen LogP contribution in [0.25, 0.3) is 0 Å². The number of amides is 1. The van der Waals surface area contributed by atoms with Crippen LogP contribution in [0.15, 0.2) is 30.3 Å². The van der Waals surface area contributed by atoms with Crippen molar-refractivity contribution in [1.82, 2.24) is 5.32 Å². The molecule has 2 N–H and O–H groups in total. The fourth-order valence-corrected chi connectivity index (χ4v) is 3.51. The highest BCUT2D eigenvalue weighted by molar-refractivity contribution is 8.14. The molecule has 0 spiro atoms. The summed E-state index contributed by atoms with van der Waals surface area (Å²) in [5, 5.41) is 13.1. The second kappa shape index (κ2) is 6.28. The number of ether oxygens (including phenoxy) is 2. The van der Waals surface area contributed by atoms with Gasteiger partial charge in [-0.2, -0.15) is 0 Å². The lowest BCUT2D eigenvalue weighted by Gasteiger charge is -2.39. The fourth-order valence-electron chi connectivity index (χ4n) is 2.62. The molecule has 2 unspecified atom stereocenters. The Bertz CT molecular complexity index is 566. The quantitative estimate of drug-likeness (QED) is 0.821. The van der Waals surface area contributed by atoms with Gasteiger partial charge >= 0.3 is 5.97 Å². The van der Waals surface area contributed by atoms with Crippen molar-refractivity contribution in [1.29, 1.82) is 0 Å². The summed E-state index contributed by atoms with van der Waals surface area (Å²) in [4.78, 5) is 23.4. The maximum Gasteiger partial charge on any atom is 0.338 e. The molecule has 2 fully saturated rings. The number of thioether (sulfide) groups is 1. The molecule has 1 aromatic carbocycles. The van der Waals surface area contributed by atoms with Gasteiger partial charge in [0.1, 0.15) is 6.10 Å². The van der Waals surface area contributed by atoms with Crippen LogP contribution in [0.5, 0.6) is 0 Å². The molecule has 0 aliphatic carbocycles. The van der Waals surface area contributed by atoms with Gasteiger partial charge in [0.05, 0.1) is 18.2 Å². The van der Waals surface area contributed by atoms with Crippen LogP contribution < -0.4 is 5.32 Å². The largest absolute Gasteiger partial charge is 0.458 e. The average molecular weight is 323 g/mol. The Labute approximate surface area is 132 Å². The predicted molar refractivity (Wildman–Crippen MR) is 80.6 cm³/mol. The number of aliphatic hydroxyl groups is 1. The zero-order valence-corrected chi connectivity index (χ0v) is 12.7. The van der Waals surface area contributed by atoms with E-state index in [1.165, 1.54) is 0 Å². The molecule has 2 heterocycles. The van der Waals surface area contributed by atoms with E-state index in [1.54, 1.807) is 24.3 Å². The molecule has 2 saturated heterocycles. The highest BCUT2D eigenvalue weighted by atomic mass is 32.2. The Morgan fingerprint density at radius 3 is 2.86 bits per heavy atom. The molecule has 0 aromatic heterocycles. The molecule has 0 saturated carbocycles. The molecular weight excluding hydrogens is 306 g/mol. The Kier molecular flexibility index (Phi) is 4.37. The van der Waals surface area contributed by atoms with Gasteiger partial charge in [-0.3, -0.25) is 4.79 Å². The van der Waals surface area contributed by atoms with Crippen molar-refractivity contribution < 1.29 is 24.2 Å². The van der Waals surface area contributed by atoms with E-state index in [1.807, 2.05) is 6.07 Å². The van der Waals surface area contributed by atoms with Crippen molar-refractivity contribution in [3.05, 3.63) is 35.9 Å². The number of carbonyl (C=O) groups is 2. The van der Waals surface area contributed by atoms with E-state index in [9.17, 15) is 14.7 Å². The van der Waals surface area contributed by atoms with Crippen molar-refractivity contribution in [2.45, 2.75) is 30.8 Å². The summed E-state index contributed by atoms with van der Waals surface area (Å²) in [5.74, 6) is -1.46. The van der Waals surface area contributed by atoms with Crippen molar-refractivity contribution in [3.63, 3.8) is 0 Å². The van der Waals surface area contributed by atoms with E-state index in [-0.39, 0.29) is 18.3 Å². The van der Waals surface area contributed by atoms with Crippen molar-refractivity contribution in [2.75, 3.05) is 12.4 Å². The van der Waals surface area contributed by atoms with Crippen LogP contribution in [0.4, 0.5) is 4.79 Å². The van der Waals surface area contributed by atoms with Gasteiger partial charge in [-0.15, -0.1) is 0 Å². The Balaban J connectivity index is 1.63. The fraction of sp³-hybridized carbons (Fsp3) is 0.467. The molecule has 1 amide bonds. The molecular formula is C15H17NO5S. The lowest BCUT2D eigenvalue weighted by atomic mass is 9.96. The van der Waals surface area contributed by atoms with Crippen LogP contribution in [0.2, 0.25) is 0 Å². The molecule has 118 valence electrons. The zero-order valence-electron chi connectivity index (χ0n) is 11.9. The minimum absolute atomic E-state index is 0.150. The van der Waals surface area contributed by atoms with E-state index < -0.39 is 23.9 Å². The van der Waals surface area contributed by atoms with E-state index in [4.69, 9.17) is 9.47 Å². The summed E-state index contributed by atoms with van der Waals surface area (Å²) in [5.41, 5.74) is 0.474. The number of nitrogens with one attached hydrogen (secondary N) is 1. The lowest BCUT2D eigenvalue weighted by molar-refractivity contribution is -0.253. The van der Waals surface area contributed by atoms with Crippen molar-refractivity contribution >= 4 is 23.0 Å². The number of benzene rings is 1. The monoisotopic (exact) mass is 323 g/mol.